The van der Waals surface area contributed by atoms with E-state index in [2.05, 4.69) is 0 Å². The maximum Gasteiger partial charge on any atom is 0.215 e. The minimum atomic E-state index is -3.79. The average Bonchev–Trinajstić information content (AvgIpc) is 2.25. The molecule has 1 saturated heterocycles. The Hall–Kier alpha value is -0.230. The molecule has 0 aromatic heterocycles. The molecule has 114 valence electrons. The number of nitrogens with two attached hydrogens (primary N) is 1. The molecule has 1 aliphatic heterocycles. The maximum absolute atomic E-state index is 11.9. The maximum atomic E-state index is 11.9. The summed E-state index contributed by atoms with van der Waals surface area (Å²) < 4.78 is 69.3. The molecule has 2 N–H and O–H groups in total. The van der Waals surface area contributed by atoms with Crippen molar-refractivity contribution in [2.45, 2.75) is 18.1 Å². The predicted octanol–water partition coefficient (Wildman–Crippen LogP) is -1.89. The van der Waals surface area contributed by atoms with E-state index in [1.54, 1.807) is 0 Å². The van der Waals surface area contributed by atoms with Crippen LogP contribution in [0.2, 0.25) is 0 Å². The van der Waals surface area contributed by atoms with Crippen molar-refractivity contribution in [1.29, 1.82) is 0 Å². The quantitative estimate of drug-likeness (QED) is 0.625. The van der Waals surface area contributed by atoms with Gasteiger partial charge in [-0.1, -0.05) is 0 Å². The largest absolute Gasteiger partial charge is 0.229 e. The zero-order chi connectivity index (χ0) is 14.9. The molecular weight excluding hydrogens is 316 g/mol. The molecule has 0 aliphatic carbocycles. The molecule has 0 amide bonds. The van der Waals surface area contributed by atoms with Crippen LogP contribution in [0.3, 0.4) is 0 Å². The van der Waals surface area contributed by atoms with E-state index >= 15 is 0 Å². The molecule has 0 spiro atoms. The number of piperidine rings is 1. The van der Waals surface area contributed by atoms with Gasteiger partial charge in [0.1, 0.15) is 9.84 Å². The Kier molecular flexibility index (Phi) is 4.99. The highest BCUT2D eigenvalue weighted by Crippen LogP contribution is 2.18. The van der Waals surface area contributed by atoms with E-state index < -0.39 is 46.6 Å². The minimum Gasteiger partial charge on any atom is -0.229 e. The summed E-state index contributed by atoms with van der Waals surface area (Å²) in [6.45, 7) is -0.0109. The molecule has 1 atom stereocenters. The second-order valence-corrected chi connectivity index (χ2v) is 10.9. The van der Waals surface area contributed by atoms with Gasteiger partial charge in [-0.25, -0.2) is 34.7 Å². The molecule has 0 saturated carbocycles. The van der Waals surface area contributed by atoms with Crippen molar-refractivity contribution >= 4 is 29.9 Å². The van der Waals surface area contributed by atoms with Crippen LogP contribution in [0.1, 0.15) is 12.8 Å². The summed E-state index contributed by atoms with van der Waals surface area (Å²) >= 11 is 0. The topological polar surface area (TPSA) is 132 Å². The highest BCUT2D eigenvalue weighted by atomic mass is 32.2. The van der Waals surface area contributed by atoms with Gasteiger partial charge in [-0.3, -0.25) is 0 Å². The average molecular weight is 334 g/mol. The Morgan fingerprint density at radius 1 is 1.11 bits per heavy atom. The number of hydrogen-bond acceptors (Lipinski definition) is 6. The van der Waals surface area contributed by atoms with Crippen LogP contribution in [0.25, 0.3) is 0 Å². The van der Waals surface area contributed by atoms with E-state index in [0.717, 1.165) is 10.6 Å². The van der Waals surface area contributed by atoms with Gasteiger partial charge in [0.15, 0.2) is 0 Å². The number of sulfone groups is 1. The van der Waals surface area contributed by atoms with Crippen LogP contribution in [-0.2, 0) is 29.9 Å². The summed E-state index contributed by atoms with van der Waals surface area (Å²) in [6, 6.07) is 0. The molecule has 11 heteroatoms. The molecule has 0 radical (unpaired) electrons. The third kappa shape index (κ3) is 5.34. The molecule has 0 bridgehead atoms. The van der Waals surface area contributed by atoms with Crippen molar-refractivity contribution < 1.29 is 25.3 Å². The molecule has 19 heavy (non-hydrogen) atoms. The Balaban J connectivity index is 2.79. The van der Waals surface area contributed by atoms with E-state index in [1.807, 2.05) is 0 Å². The summed E-state index contributed by atoms with van der Waals surface area (Å²) in [7, 11) is -10.9. The lowest BCUT2D eigenvalue weighted by atomic mass is 10.2. The summed E-state index contributed by atoms with van der Waals surface area (Å²) in [6.07, 6.45) is 1.65. The summed E-state index contributed by atoms with van der Waals surface area (Å²) in [5.41, 5.74) is 0. The SMILES string of the molecule is CS(=O)(=O)CCS(=O)(=O)N1CCCC(S(N)(=O)=O)C1. The number of sulfonamides is 2. The molecule has 1 unspecified atom stereocenters. The van der Waals surface area contributed by atoms with Gasteiger partial charge in [0.2, 0.25) is 20.0 Å². The van der Waals surface area contributed by atoms with E-state index in [0.29, 0.717) is 12.8 Å². The van der Waals surface area contributed by atoms with Gasteiger partial charge in [-0.2, -0.15) is 0 Å². The molecular formula is C8H18N2O6S3. The van der Waals surface area contributed by atoms with Crippen molar-refractivity contribution in [3.8, 4) is 0 Å². The Bertz CT molecular complexity index is 621. The normalized spacial score (nSPS) is 23.4. The molecule has 0 aromatic rings. The van der Waals surface area contributed by atoms with E-state index in [4.69, 9.17) is 5.14 Å². The molecule has 1 aliphatic rings. The van der Waals surface area contributed by atoms with Gasteiger partial charge >= 0.3 is 0 Å². The molecule has 1 rings (SSSR count). The van der Waals surface area contributed by atoms with Gasteiger partial charge in [0, 0.05) is 19.3 Å². The third-order valence-corrected chi connectivity index (χ3v) is 7.27. The lowest BCUT2D eigenvalue weighted by Gasteiger charge is -2.30. The second kappa shape index (κ2) is 5.64. The third-order valence-electron chi connectivity index (χ3n) is 2.91. The number of nitrogens with zero attached hydrogens (tertiary/aromatic N) is 1. The zero-order valence-electron chi connectivity index (χ0n) is 10.5. The lowest BCUT2D eigenvalue weighted by molar-refractivity contribution is 0.346. The smallest absolute Gasteiger partial charge is 0.215 e. The zero-order valence-corrected chi connectivity index (χ0v) is 13.0. The lowest BCUT2D eigenvalue weighted by Crippen LogP contribution is -2.48. The van der Waals surface area contributed by atoms with Gasteiger partial charge < -0.3 is 0 Å². The summed E-state index contributed by atoms with van der Waals surface area (Å²) in [5.74, 6) is -1.02. The fourth-order valence-electron chi connectivity index (χ4n) is 1.81. The fraction of sp³-hybridized carbons (Fsp3) is 1.00. The number of rotatable bonds is 5. The number of hydrogen-bond donors (Lipinski definition) is 1. The second-order valence-electron chi connectivity index (χ2n) is 4.66. The minimum absolute atomic E-state index is 0.193. The molecule has 1 fully saturated rings. The van der Waals surface area contributed by atoms with Gasteiger partial charge in [-0.15, -0.1) is 0 Å². The van der Waals surface area contributed by atoms with E-state index in [9.17, 15) is 25.3 Å². The van der Waals surface area contributed by atoms with Crippen molar-refractivity contribution in [2.75, 3.05) is 30.9 Å². The summed E-state index contributed by atoms with van der Waals surface area (Å²) in [5, 5.41) is 4.09. The van der Waals surface area contributed by atoms with Gasteiger partial charge in [-0.05, 0) is 12.8 Å². The van der Waals surface area contributed by atoms with E-state index in [-0.39, 0.29) is 13.1 Å². The van der Waals surface area contributed by atoms with Gasteiger partial charge in [0.05, 0.1) is 16.8 Å². The fourth-order valence-corrected chi connectivity index (χ4v) is 5.91. The van der Waals surface area contributed by atoms with Crippen LogP contribution in [0.15, 0.2) is 0 Å². The first kappa shape index (κ1) is 16.8. The van der Waals surface area contributed by atoms with Crippen LogP contribution in [-0.4, -0.2) is 65.7 Å². The molecule has 8 nitrogen and oxygen atoms in total. The van der Waals surface area contributed by atoms with Crippen LogP contribution < -0.4 is 5.14 Å². The van der Waals surface area contributed by atoms with Crippen LogP contribution in [0.4, 0.5) is 0 Å². The number of primary sulfonamides is 1. The Morgan fingerprint density at radius 2 is 1.68 bits per heavy atom. The van der Waals surface area contributed by atoms with Crippen molar-refractivity contribution in [3.05, 3.63) is 0 Å². The highest BCUT2D eigenvalue weighted by molar-refractivity contribution is 7.93. The van der Waals surface area contributed by atoms with Gasteiger partial charge in [0.25, 0.3) is 0 Å². The van der Waals surface area contributed by atoms with Crippen LogP contribution in [0, 0.1) is 0 Å². The Morgan fingerprint density at radius 3 is 2.16 bits per heavy atom. The highest BCUT2D eigenvalue weighted by Gasteiger charge is 2.34. The predicted molar refractivity (Wildman–Crippen MR) is 71.2 cm³/mol. The molecule has 1 heterocycles. The van der Waals surface area contributed by atoms with Crippen molar-refractivity contribution in [2.24, 2.45) is 5.14 Å². The van der Waals surface area contributed by atoms with Crippen LogP contribution >= 0.6 is 0 Å². The van der Waals surface area contributed by atoms with Crippen LogP contribution in [0.5, 0.6) is 0 Å². The first-order valence-corrected chi connectivity index (χ1v) is 10.9. The standard InChI is InChI=1S/C8H18N2O6S3/c1-17(11,12)5-6-18(13,14)10-4-2-3-8(7-10)19(9,15)16/h8H,2-7H2,1H3,(H2,9,15,16). The van der Waals surface area contributed by atoms with Crippen molar-refractivity contribution in [3.63, 3.8) is 0 Å². The monoisotopic (exact) mass is 334 g/mol. The Labute approximate surface area is 114 Å². The summed E-state index contributed by atoms with van der Waals surface area (Å²) in [4.78, 5) is 0. The first-order valence-electron chi connectivity index (χ1n) is 5.59. The first-order chi connectivity index (χ1) is 8.42. The van der Waals surface area contributed by atoms with E-state index in [1.165, 1.54) is 0 Å². The molecule has 0 aromatic carbocycles. The van der Waals surface area contributed by atoms with Crippen molar-refractivity contribution in [1.82, 2.24) is 4.31 Å².